The van der Waals surface area contributed by atoms with Crippen LogP contribution >= 0.6 is 23.2 Å². The number of nitrogens with zero attached hydrogens (tertiary/aromatic N) is 1. The molecule has 0 aromatic heterocycles. The molecule has 1 aliphatic heterocycles. The summed E-state index contributed by atoms with van der Waals surface area (Å²) in [6.07, 6.45) is -1.03. The van der Waals surface area contributed by atoms with Gasteiger partial charge in [-0.25, -0.2) is 9.69 Å². The molecule has 2 amide bonds. The summed E-state index contributed by atoms with van der Waals surface area (Å²) in [7, 11) is 0. The number of fused-ring (bicyclic) bond motifs is 1. The lowest BCUT2D eigenvalue weighted by Gasteiger charge is -2.15. The number of carbonyl (C=O) groups excluding carboxylic acids is 4. The lowest BCUT2D eigenvalue weighted by atomic mass is 10.1. The van der Waals surface area contributed by atoms with Crippen LogP contribution in [0.15, 0.2) is 66.7 Å². The third kappa shape index (κ3) is 3.90. The van der Waals surface area contributed by atoms with Gasteiger partial charge in [-0.3, -0.25) is 14.4 Å². The number of amides is 2. The van der Waals surface area contributed by atoms with E-state index >= 15 is 0 Å². The Bertz CT molecular complexity index is 1270. The molecule has 0 radical (unpaired) electrons. The molecule has 0 spiro atoms. The summed E-state index contributed by atoms with van der Waals surface area (Å²) in [5.74, 6) is -2.33. The van der Waals surface area contributed by atoms with E-state index in [1.54, 1.807) is 30.3 Å². The number of benzene rings is 3. The molecule has 0 saturated heterocycles. The standard InChI is InChI=1S/C24H15Cl2NO5/c1-13(21(28)14-5-3-2-4-6-14)32-24(31)15-7-9-17-18(11-15)23(30)27(22(17)29)20-10-8-16(25)12-19(20)26/h2-13H,1H3/t13-/m1/s1. The summed E-state index contributed by atoms with van der Waals surface area (Å²) in [5, 5.41) is 0.499. The second-order valence-corrected chi connectivity index (χ2v) is 7.92. The van der Waals surface area contributed by atoms with Gasteiger partial charge in [-0.05, 0) is 43.3 Å². The van der Waals surface area contributed by atoms with Gasteiger partial charge < -0.3 is 4.74 Å². The molecule has 0 aliphatic carbocycles. The highest BCUT2D eigenvalue weighted by atomic mass is 35.5. The van der Waals surface area contributed by atoms with Crippen LogP contribution in [0.1, 0.15) is 48.4 Å². The van der Waals surface area contributed by atoms with Crippen LogP contribution in [-0.2, 0) is 4.74 Å². The lowest BCUT2D eigenvalue weighted by Crippen LogP contribution is -2.29. The van der Waals surface area contributed by atoms with Gasteiger partial charge in [0.25, 0.3) is 11.8 Å². The van der Waals surface area contributed by atoms with Crippen molar-refractivity contribution in [1.29, 1.82) is 0 Å². The molecule has 0 unspecified atom stereocenters. The highest BCUT2D eigenvalue weighted by Crippen LogP contribution is 2.35. The van der Waals surface area contributed by atoms with Crippen LogP contribution in [-0.4, -0.2) is 29.7 Å². The Hall–Kier alpha value is -3.48. The van der Waals surface area contributed by atoms with Gasteiger partial charge in [0.1, 0.15) is 0 Å². The van der Waals surface area contributed by atoms with Crippen LogP contribution < -0.4 is 4.90 Å². The van der Waals surface area contributed by atoms with Gasteiger partial charge in [0.2, 0.25) is 5.78 Å². The van der Waals surface area contributed by atoms with E-state index in [1.807, 2.05) is 0 Å². The smallest absolute Gasteiger partial charge is 0.338 e. The number of halogens is 2. The van der Waals surface area contributed by atoms with E-state index in [-0.39, 0.29) is 33.2 Å². The van der Waals surface area contributed by atoms with Crippen molar-refractivity contribution >= 4 is 52.5 Å². The molecule has 0 fully saturated rings. The summed E-state index contributed by atoms with van der Waals surface area (Å²) in [6.45, 7) is 1.47. The molecule has 0 N–H and O–H groups in total. The number of ether oxygens (including phenoxy) is 1. The Balaban J connectivity index is 1.57. The zero-order valence-electron chi connectivity index (χ0n) is 16.7. The van der Waals surface area contributed by atoms with E-state index in [9.17, 15) is 19.2 Å². The molecule has 3 aromatic carbocycles. The van der Waals surface area contributed by atoms with Crippen LogP contribution in [0.3, 0.4) is 0 Å². The van der Waals surface area contributed by atoms with Crippen molar-refractivity contribution in [1.82, 2.24) is 0 Å². The van der Waals surface area contributed by atoms with Gasteiger partial charge in [0.15, 0.2) is 6.10 Å². The van der Waals surface area contributed by atoms with Gasteiger partial charge in [-0.1, -0.05) is 53.5 Å². The Labute approximate surface area is 193 Å². The molecule has 1 heterocycles. The first-order chi connectivity index (χ1) is 15.3. The van der Waals surface area contributed by atoms with Crippen molar-refractivity contribution < 1.29 is 23.9 Å². The quantitative estimate of drug-likeness (QED) is 0.291. The number of imide groups is 1. The number of anilines is 1. The summed E-state index contributed by atoms with van der Waals surface area (Å²) in [4.78, 5) is 51.7. The maximum absolute atomic E-state index is 12.9. The summed E-state index contributed by atoms with van der Waals surface area (Å²) < 4.78 is 5.28. The number of rotatable bonds is 5. The average Bonchev–Trinajstić information content (AvgIpc) is 3.03. The van der Waals surface area contributed by atoms with Gasteiger partial charge in [0.05, 0.1) is 27.4 Å². The van der Waals surface area contributed by atoms with Gasteiger partial charge >= 0.3 is 5.97 Å². The third-order valence-corrected chi connectivity index (χ3v) is 5.52. The SMILES string of the molecule is C[C@@H](OC(=O)c1ccc2c(c1)C(=O)N(c1ccc(Cl)cc1Cl)C2=O)C(=O)c1ccccc1. The molecule has 4 rings (SSSR count). The number of Topliss-reactive ketones (excluding diaryl/α,β-unsaturated/α-hetero) is 1. The molecule has 0 saturated carbocycles. The first-order valence-corrected chi connectivity index (χ1v) is 10.3. The molecule has 3 aromatic rings. The van der Waals surface area contributed by atoms with Crippen molar-refractivity contribution in [2.45, 2.75) is 13.0 Å². The normalized spacial score (nSPS) is 13.7. The highest BCUT2D eigenvalue weighted by molar-refractivity contribution is 6.41. The van der Waals surface area contributed by atoms with Crippen molar-refractivity contribution in [3.63, 3.8) is 0 Å². The highest BCUT2D eigenvalue weighted by Gasteiger charge is 2.38. The Morgan fingerprint density at radius 2 is 1.53 bits per heavy atom. The monoisotopic (exact) mass is 467 g/mol. The van der Waals surface area contributed by atoms with E-state index < -0.39 is 23.9 Å². The molecular formula is C24H15Cl2NO5. The van der Waals surface area contributed by atoms with Gasteiger partial charge in [-0.15, -0.1) is 0 Å². The summed E-state index contributed by atoms with van der Waals surface area (Å²) in [6, 6.07) is 16.9. The average molecular weight is 468 g/mol. The minimum atomic E-state index is -1.03. The van der Waals surface area contributed by atoms with Crippen molar-refractivity contribution in [3.05, 3.63) is 99.0 Å². The van der Waals surface area contributed by atoms with Crippen LogP contribution in [0.2, 0.25) is 10.0 Å². The lowest BCUT2D eigenvalue weighted by molar-refractivity contribution is 0.0318. The molecule has 8 heteroatoms. The van der Waals surface area contributed by atoms with E-state index in [0.717, 1.165) is 4.90 Å². The molecule has 160 valence electrons. The molecule has 32 heavy (non-hydrogen) atoms. The maximum Gasteiger partial charge on any atom is 0.338 e. The topological polar surface area (TPSA) is 80.8 Å². The van der Waals surface area contributed by atoms with Gasteiger partial charge in [0, 0.05) is 10.6 Å². The number of esters is 1. The van der Waals surface area contributed by atoms with Crippen molar-refractivity contribution in [3.8, 4) is 0 Å². The Kier molecular flexibility index (Phi) is 5.82. The van der Waals surface area contributed by atoms with Crippen molar-refractivity contribution in [2.75, 3.05) is 4.90 Å². The maximum atomic E-state index is 12.9. The first-order valence-electron chi connectivity index (χ1n) is 9.56. The fourth-order valence-electron chi connectivity index (χ4n) is 3.37. The summed E-state index contributed by atoms with van der Waals surface area (Å²) in [5.41, 5.74) is 0.816. The Morgan fingerprint density at radius 1 is 0.844 bits per heavy atom. The van der Waals surface area contributed by atoms with Crippen LogP contribution in [0.4, 0.5) is 5.69 Å². The number of carbonyl (C=O) groups is 4. The van der Waals surface area contributed by atoms with E-state index in [0.29, 0.717) is 10.6 Å². The van der Waals surface area contributed by atoms with Crippen LogP contribution in [0.25, 0.3) is 0 Å². The molecule has 6 nitrogen and oxygen atoms in total. The largest absolute Gasteiger partial charge is 0.451 e. The summed E-state index contributed by atoms with van der Waals surface area (Å²) >= 11 is 12.1. The second-order valence-electron chi connectivity index (χ2n) is 7.08. The van der Waals surface area contributed by atoms with E-state index in [1.165, 1.54) is 43.3 Å². The minimum absolute atomic E-state index is 0.0394. The van der Waals surface area contributed by atoms with Gasteiger partial charge in [-0.2, -0.15) is 0 Å². The zero-order valence-corrected chi connectivity index (χ0v) is 18.2. The fraction of sp³-hybridized carbons (Fsp3) is 0.0833. The zero-order chi connectivity index (χ0) is 23.0. The molecular weight excluding hydrogens is 453 g/mol. The number of hydrogen-bond donors (Lipinski definition) is 0. The predicted octanol–water partition coefficient (Wildman–Crippen LogP) is 5.22. The molecule has 0 bridgehead atoms. The Morgan fingerprint density at radius 3 is 2.22 bits per heavy atom. The molecule has 1 aliphatic rings. The fourth-order valence-corrected chi connectivity index (χ4v) is 3.86. The predicted molar refractivity (Wildman–Crippen MR) is 120 cm³/mol. The van der Waals surface area contributed by atoms with Crippen LogP contribution in [0.5, 0.6) is 0 Å². The third-order valence-electron chi connectivity index (χ3n) is 4.98. The van der Waals surface area contributed by atoms with E-state index in [2.05, 4.69) is 0 Å². The molecule has 1 atom stereocenters. The second kappa shape index (κ2) is 8.57. The minimum Gasteiger partial charge on any atom is -0.451 e. The van der Waals surface area contributed by atoms with Crippen LogP contribution in [0, 0.1) is 0 Å². The number of hydrogen-bond acceptors (Lipinski definition) is 5. The van der Waals surface area contributed by atoms with Crippen molar-refractivity contribution in [2.24, 2.45) is 0 Å². The number of ketones is 1. The first kappa shape index (κ1) is 21.7. The van der Waals surface area contributed by atoms with E-state index in [4.69, 9.17) is 27.9 Å².